The van der Waals surface area contributed by atoms with E-state index in [2.05, 4.69) is 27.7 Å². The number of carbonyl (C=O) groups excluding carboxylic acids is 1. The largest absolute Gasteiger partial charge is 0.459 e. The number of hydrogen-bond acceptors (Lipinski definition) is 2. The molecule has 0 saturated heterocycles. The highest BCUT2D eigenvalue weighted by Gasteiger charge is 2.34. The first-order valence-electron chi connectivity index (χ1n) is 6.59. The van der Waals surface area contributed by atoms with Crippen LogP contribution in [-0.4, -0.2) is 11.6 Å². The van der Waals surface area contributed by atoms with Crippen LogP contribution in [0.25, 0.3) is 0 Å². The summed E-state index contributed by atoms with van der Waals surface area (Å²) in [6.07, 6.45) is 7.29. The molecule has 1 fully saturated rings. The molecular formula is C14H26O2. The van der Waals surface area contributed by atoms with Crippen LogP contribution < -0.4 is 0 Å². The highest BCUT2D eigenvalue weighted by atomic mass is 16.6. The highest BCUT2D eigenvalue weighted by Crippen LogP contribution is 2.35. The van der Waals surface area contributed by atoms with Gasteiger partial charge in [0.1, 0.15) is 5.60 Å². The highest BCUT2D eigenvalue weighted by molar-refractivity contribution is 5.70. The number of esters is 1. The third-order valence-corrected chi connectivity index (χ3v) is 3.41. The second-order valence-electron chi connectivity index (χ2n) is 6.31. The van der Waals surface area contributed by atoms with E-state index < -0.39 is 0 Å². The Morgan fingerprint density at radius 3 is 2.19 bits per heavy atom. The minimum Gasteiger partial charge on any atom is -0.459 e. The molecule has 0 atom stereocenters. The second kappa shape index (κ2) is 5.20. The van der Waals surface area contributed by atoms with Crippen molar-refractivity contribution in [1.82, 2.24) is 0 Å². The van der Waals surface area contributed by atoms with Crippen molar-refractivity contribution >= 4 is 5.97 Å². The zero-order valence-corrected chi connectivity index (χ0v) is 11.3. The Hall–Kier alpha value is -0.530. The lowest BCUT2D eigenvalue weighted by Crippen LogP contribution is -2.37. The van der Waals surface area contributed by atoms with E-state index in [1.807, 2.05) is 0 Å². The topological polar surface area (TPSA) is 26.3 Å². The molecule has 0 amide bonds. The first-order valence-corrected chi connectivity index (χ1v) is 6.59. The molecule has 2 heteroatoms. The lowest BCUT2D eigenvalue weighted by molar-refractivity contribution is -0.166. The molecule has 0 aromatic heterocycles. The Bertz CT molecular complexity index is 232. The van der Waals surface area contributed by atoms with Gasteiger partial charge in [0.25, 0.3) is 0 Å². The van der Waals surface area contributed by atoms with Crippen molar-refractivity contribution in [3.8, 4) is 0 Å². The van der Waals surface area contributed by atoms with Crippen molar-refractivity contribution in [3.63, 3.8) is 0 Å². The van der Waals surface area contributed by atoms with E-state index in [0.29, 0.717) is 6.42 Å². The SMILES string of the molecule is CCC1(OC(=O)CC(C)(C)C)CCCCC1. The van der Waals surface area contributed by atoms with E-state index in [0.717, 1.165) is 19.3 Å². The molecule has 0 aromatic rings. The molecule has 16 heavy (non-hydrogen) atoms. The smallest absolute Gasteiger partial charge is 0.306 e. The Morgan fingerprint density at radius 1 is 1.19 bits per heavy atom. The van der Waals surface area contributed by atoms with Gasteiger partial charge in [0.05, 0.1) is 6.42 Å². The molecule has 0 spiro atoms. The molecule has 0 radical (unpaired) electrons. The van der Waals surface area contributed by atoms with Crippen LogP contribution in [-0.2, 0) is 9.53 Å². The van der Waals surface area contributed by atoms with Crippen LogP contribution in [0.1, 0.15) is 72.6 Å². The van der Waals surface area contributed by atoms with Crippen LogP contribution in [0.15, 0.2) is 0 Å². The van der Waals surface area contributed by atoms with Gasteiger partial charge in [0.2, 0.25) is 0 Å². The summed E-state index contributed by atoms with van der Waals surface area (Å²) in [7, 11) is 0. The molecule has 94 valence electrons. The zero-order chi connectivity index (χ0) is 12.2. The molecule has 1 rings (SSSR count). The summed E-state index contributed by atoms with van der Waals surface area (Å²) in [5.41, 5.74) is -0.110. The third-order valence-electron chi connectivity index (χ3n) is 3.41. The number of carbonyl (C=O) groups is 1. The fourth-order valence-electron chi connectivity index (χ4n) is 2.43. The maximum atomic E-state index is 11.9. The van der Waals surface area contributed by atoms with Crippen LogP contribution in [0, 0.1) is 5.41 Å². The van der Waals surface area contributed by atoms with Gasteiger partial charge in [-0.1, -0.05) is 34.1 Å². The maximum Gasteiger partial charge on any atom is 0.306 e. The Kier molecular flexibility index (Phi) is 4.40. The van der Waals surface area contributed by atoms with Crippen LogP contribution in [0.5, 0.6) is 0 Å². The zero-order valence-electron chi connectivity index (χ0n) is 11.3. The molecule has 0 unspecified atom stereocenters. The molecule has 1 aliphatic carbocycles. The summed E-state index contributed by atoms with van der Waals surface area (Å²) in [4.78, 5) is 11.9. The van der Waals surface area contributed by atoms with Crippen molar-refractivity contribution in [2.45, 2.75) is 78.2 Å². The number of ether oxygens (including phenoxy) is 1. The maximum absolute atomic E-state index is 11.9. The van der Waals surface area contributed by atoms with Gasteiger partial charge in [-0.3, -0.25) is 4.79 Å². The molecular weight excluding hydrogens is 200 g/mol. The number of rotatable bonds is 3. The molecule has 0 N–H and O–H groups in total. The molecule has 0 bridgehead atoms. The minimum atomic E-state index is -0.138. The van der Waals surface area contributed by atoms with Crippen LogP contribution >= 0.6 is 0 Å². The van der Waals surface area contributed by atoms with Gasteiger partial charge < -0.3 is 4.74 Å². The fourth-order valence-corrected chi connectivity index (χ4v) is 2.43. The van der Waals surface area contributed by atoms with Crippen molar-refractivity contribution in [2.24, 2.45) is 5.41 Å². The first-order chi connectivity index (χ1) is 7.37. The van der Waals surface area contributed by atoms with Gasteiger partial charge in [-0.15, -0.1) is 0 Å². The molecule has 0 aromatic carbocycles. The Morgan fingerprint density at radius 2 is 1.75 bits per heavy atom. The quantitative estimate of drug-likeness (QED) is 0.678. The van der Waals surface area contributed by atoms with Gasteiger partial charge >= 0.3 is 5.97 Å². The predicted octanol–water partition coefficient (Wildman–Crippen LogP) is 4.08. The normalized spacial score (nSPS) is 20.5. The monoisotopic (exact) mass is 226 g/mol. The minimum absolute atomic E-state index is 0.0174. The predicted molar refractivity (Wildman–Crippen MR) is 66.3 cm³/mol. The summed E-state index contributed by atoms with van der Waals surface area (Å²) in [6, 6.07) is 0. The van der Waals surface area contributed by atoms with E-state index in [9.17, 15) is 4.79 Å². The van der Waals surface area contributed by atoms with Crippen molar-refractivity contribution in [2.75, 3.05) is 0 Å². The van der Waals surface area contributed by atoms with Crippen molar-refractivity contribution in [3.05, 3.63) is 0 Å². The third kappa shape index (κ3) is 4.15. The van der Waals surface area contributed by atoms with E-state index in [4.69, 9.17) is 4.74 Å². The Labute approximate surface area is 99.8 Å². The summed E-state index contributed by atoms with van der Waals surface area (Å²) >= 11 is 0. The molecule has 0 aliphatic heterocycles. The van der Waals surface area contributed by atoms with E-state index in [1.165, 1.54) is 19.3 Å². The first kappa shape index (κ1) is 13.5. The summed E-state index contributed by atoms with van der Waals surface area (Å²) in [6.45, 7) is 8.37. The van der Waals surface area contributed by atoms with E-state index in [-0.39, 0.29) is 17.0 Å². The second-order valence-corrected chi connectivity index (χ2v) is 6.31. The van der Waals surface area contributed by atoms with Gasteiger partial charge in [0.15, 0.2) is 0 Å². The van der Waals surface area contributed by atoms with Crippen LogP contribution in [0.4, 0.5) is 0 Å². The molecule has 2 nitrogen and oxygen atoms in total. The fraction of sp³-hybridized carbons (Fsp3) is 0.929. The summed E-state index contributed by atoms with van der Waals surface area (Å²) in [5, 5.41) is 0. The van der Waals surface area contributed by atoms with Gasteiger partial charge in [-0.2, -0.15) is 0 Å². The lowest BCUT2D eigenvalue weighted by Gasteiger charge is -2.36. The van der Waals surface area contributed by atoms with Crippen molar-refractivity contribution in [1.29, 1.82) is 0 Å². The molecule has 1 aliphatic rings. The average molecular weight is 226 g/mol. The van der Waals surface area contributed by atoms with Gasteiger partial charge in [-0.05, 0) is 37.5 Å². The molecule has 1 saturated carbocycles. The van der Waals surface area contributed by atoms with Crippen molar-refractivity contribution < 1.29 is 9.53 Å². The Balaban J connectivity index is 2.52. The average Bonchev–Trinajstić information content (AvgIpc) is 2.16. The van der Waals surface area contributed by atoms with Gasteiger partial charge in [-0.25, -0.2) is 0 Å². The standard InChI is InChI=1S/C14H26O2/c1-5-14(9-7-6-8-10-14)16-12(15)11-13(2,3)4/h5-11H2,1-4H3. The summed E-state index contributed by atoms with van der Waals surface area (Å²) < 4.78 is 5.77. The number of hydrogen-bond donors (Lipinski definition) is 0. The summed E-state index contributed by atoms with van der Waals surface area (Å²) in [5.74, 6) is -0.0174. The lowest BCUT2D eigenvalue weighted by atomic mass is 9.82. The van der Waals surface area contributed by atoms with Gasteiger partial charge in [0, 0.05) is 0 Å². The van der Waals surface area contributed by atoms with Crippen LogP contribution in [0.3, 0.4) is 0 Å². The van der Waals surface area contributed by atoms with E-state index >= 15 is 0 Å². The van der Waals surface area contributed by atoms with E-state index in [1.54, 1.807) is 0 Å². The molecule has 0 heterocycles. The van der Waals surface area contributed by atoms with Crippen LogP contribution in [0.2, 0.25) is 0 Å².